The van der Waals surface area contributed by atoms with Crippen LogP contribution in [0.5, 0.6) is 5.75 Å². The quantitative estimate of drug-likeness (QED) is 0.141. The molecule has 0 aliphatic heterocycles. The standard InChI is InChI=1S/C24H36N4O4.HI/c1-18(2)27-23(29)12-14-26-24(25-13-6-15-30-17-22-7-5-16-31-22)28-20-8-10-21(11-9-20)32-19(3)4;/h5,7-11,16,18-19H,6,12-15,17H2,1-4H3,(H,27,29)(H2,25,26,28);1H. The first-order valence-corrected chi connectivity index (χ1v) is 11.1. The lowest BCUT2D eigenvalue weighted by Gasteiger charge is -2.14. The van der Waals surface area contributed by atoms with Crippen molar-refractivity contribution in [2.45, 2.75) is 59.3 Å². The Balaban J connectivity index is 0.00000544. The van der Waals surface area contributed by atoms with Gasteiger partial charge in [-0.1, -0.05) is 0 Å². The van der Waals surface area contributed by atoms with Gasteiger partial charge in [0.2, 0.25) is 5.91 Å². The van der Waals surface area contributed by atoms with E-state index in [0.717, 1.165) is 23.6 Å². The number of anilines is 1. The average Bonchev–Trinajstić information content (AvgIpc) is 3.24. The highest BCUT2D eigenvalue weighted by molar-refractivity contribution is 14.0. The Hall–Kier alpha value is -2.27. The van der Waals surface area contributed by atoms with Crippen molar-refractivity contribution in [3.05, 3.63) is 48.4 Å². The smallest absolute Gasteiger partial charge is 0.221 e. The SMILES string of the molecule is CC(C)NC(=O)CCNC(=NCCCOCc1ccco1)Nc1ccc(OC(C)C)cc1.I. The molecule has 1 heterocycles. The van der Waals surface area contributed by atoms with Gasteiger partial charge in [-0.05, 0) is 70.5 Å². The van der Waals surface area contributed by atoms with Crippen molar-refractivity contribution in [3.63, 3.8) is 0 Å². The predicted octanol–water partition coefficient (Wildman–Crippen LogP) is 4.56. The van der Waals surface area contributed by atoms with E-state index >= 15 is 0 Å². The highest BCUT2D eigenvalue weighted by atomic mass is 127. The predicted molar refractivity (Wildman–Crippen MR) is 142 cm³/mol. The number of guanidine groups is 1. The van der Waals surface area contributed by atoms with Crippen LogP contribution < -0.4 is 20.7 Å². The van der Waals surface area contributed by atoms with E-state index in [1.807, 2.05) is 64.1 Å². The van der Waals surface area contributed by atoms with Crippen molar-refractivity contribution in [1.29, 1.82) is 0 Å². The zero-order chi connectivity index (χ0) is 23.2. The van der Waals surface area contributed by atoms with E-state index in [2.05, 4.69) is 20.9 Å². The number of carbonyl (C=O) groups is 1. The molecule has 0 saturated carbocycles. The molecule has 8 nitrogen and oxygen atoms in total. The van der Waals surface area contributed by atoms with Crippen molar-refractivity contribution < 1.29 is 18.7 Å². The van der Waals surface area contributed by atoms with E-state index in [1.54, 1.807) is 6.26 Å². The molecular weight excluding hydrogens is 535 g/mol. The second-order valence-electron chi connectivity index (χ2n) is 7.93. The topological polar surface area (TPSA) is 97.1 Å². The summed E-state index contributed by atoms with van der Waals surface area (Å²) in [5.41, 5.74) is 0.882. The molecule has 1 aromatic heterocycles. The van der Waals surface area contributed by atoms with Crippen LogP contribution in [-0.2, 0) is 16.1 Å². The van der Waals surface area contributed by atoms with E-state index < -0.39 is 0 Å². The molecule has 0 spiro atoms. The molecule has 0 bridgehead atoms. The van der Waals surface area contributed by atoms with Crippen LogP contribution in [0.25, 0.3) is 0 Å². The summed E-state index contributed by atoms with van der Waals surface area (Å²) in [7, 11) is 0. The second kappa shape index (κ2) is 16.4. The van der Waals surface area contributed by atoms with Gasteiger partial charge in [0.25, 0.3) is 0 Å². The van der Waals surface area contributed by atoms with Crippen LogP contribution in [0.4, 0.5) is 5.69 Å². The minimum absolute atomic E-state index is 0. The third-order valence-corrected chi connectivity index (χ3v) is 4.12. The lowest BCUT2D eigenvalue weighted by atomic mass is 10.3. The third-order valence-electron chi connectivity index (χ3n) is 4.12. The average molecular weight is 572 g/mol. The number of nitrogens with one attached hydrogen (secondary N) is 3. The van der Waals surface area contributed by atoms with Crippen molar-refractivity contribution in [1.82, 2.24) is 10.6 Å². The molecule has 0 fully saturated rings. The summed E-state index contributed by atoms with van der Waals surface area (Å²) in [5, 5.41) is 9.40. The van der Waals surface area contributed by atoms with E-state index in [-0.39, 0.29) is 42.0 Å². The molecule has 0 aliphatic rings. The van der Waals surface area contributed by atoms with Crippen LogP contribution in [-0.4, -0.2) is 43.7 Å². The number of amides is 1. The van der Waals surface area contributed by atoms with Gasteiger partial charge in [0, 0.05) is 37.8 Å². The van der Waals surface area contributed by atoms with Crippen LogP contribution in [0.1, 0.15) is 46.3 Å². The molecule has 0 aliphatic carbocycles. The van der Waals surface area contributed by atoms with Crippen molar-refractivity contribution in [2.75, 3.05) is 25.0 Å². The van der Waals surface area contributed by atoms with E-state index in [4.69, 9.17) is 13.9 Å². The minimum Gasteiger partial charge on any atom is -0.491 e. The Labute approximate surface area is 213 Å². The fourth-order valence-electron chi connectivity index (χ4n) is 2.78. The summed E-state index contributed by atoms with van der Waals surface area (Å²) in [6, 6.07) is 11.6. The number of furan rings is 1. The Morgan fingerprint density at radius 3 is 2.52 bits per heavy atom. The highest BCUT2D eigenvalue weighted by Gasteiger charge is 2.06. The lowest BCUT2D eigenvalue weighted by molar-refractivity contribution is -0.121. The number of nitrogens with zero attached hydrogens (tertiary/aromatic N) is 1. The Kier molecular flexibility index (Phi) is 14.3. The molecule has 0 atom stereocenters. The highest BCUT2D eigenvalue weighted by Crippen LogP contribution is 2.16. The molecular formula is C24H37IN4O4. The van der Waals surface area contributed by atoms with Crippen LogP contribution in [0, 0.1) is 0 Å². The largest absolute Gasteiger partial charge is 0.491 e. The van der Waals surface area contributed by atoms with Gasteiger partial charge in [-0.3, -0.25) is 9.79 Å². The maximum Gasteiger partial charge on any atom is 0.221 e. The number of aliphatic imine (C=N–C) groups is 1. The normalized spacial score (nSPS) is 11.3. The summed E-state index contributed by atoms with van der Waals surface area (Å²) in [6.07, 6.45) is 2.89. The molecule has 0 saturated heterocycles. The van der Waals surface area contributed by atoms with Crippen molar-refractivity contribution >= 4 is 41.5 Å². The molecule has 2 rings (SSSR count). The molecule has 0 unspecified atom stereocenters. The minimum atomic E-state index is 0. The summed E-state index contributed by atoms with van der Waals surface area (Å²) in [4.78, 5) is 16.5. The van der Waals surface area contributed by atoms with Gasteiger partial charge in [0.1, 0.15) is 18.1 Å². The summed E-state index contributed by atoms with van der Waals surface area (Å²) in [5.74, 6) is 2.25. The van der Waals surface area contributed by atoms with Gasteiger partial charge in [0.15, 0.2) is 5.96 Å². The lowest BCUT2D eigenvalue weighted by Crippen LogP contribution is -2.36. The van der Waals surface area contributed by atoms with Gasteiger partial charge in [-0.15, -0.1) is 24.0 Å². The monoisotopic (exact) mass is 572 g/mol. The van der Waals surface area contributed by atoms with Crippen LogP contribution in [0.15, 0.2) is 52.1 Å². The Morgan fingerprint density at radius 2 is 1.88 bits per heavy atom. The fraction of sp³-hybridized carbons (Fsp3) is 0.500. The summed E-state index contributed by atoms with van der Waals surface area (Å²) in [6.45, 7) is 9.98. The van der Waals surface area contributed by atoms with Gasteiger partial charge in [0.05, 0.1) is 12.4 Å². The molecule has 184 valence electrons. The Morgan fingerprint density at radius 1 is 1.12 bits per heavy atom. The second-order valence-corrected chi connectivity index (χ2v) is 7.93. The van der Waals surface area contributed by atoms with Crippen LogP contribution in [0.2, 0.25) is 0 Å². The van der Waals surface area contributed by atoms with Crippen LogP contribution >= 0.6 is 24.0 Å². The molecule has 1 amide bonds. The molecule has 1 aromatic carbocycles. The molecule has 33 heavy (non-hydrogen) atoms. The van der Waals surface area contributed by atoms with Crippen molar-refractivity contribution in [3.8, 4) is 5.75 Å². The van der Waals surface area contributed by atoms with E-state index in [1.165, 1.54) is 0 Å². The number of rotatable bonds is 13. The third kappa shape index (κ3) is 13.1. The van der Waals surface area contributed by atoms with Gasteiger partial charge < -0.3 is 29.8 Å². The van der Waals surface area contributed by atoms with Gasteiger partial charge in [-0.2, -0.15) is 0 Å². The summed E-state index contributed by atoms with van der Waals surface area (Å²) >= 11 is 0. The zero-order valence-electron chi connectivity index (χ0n) is 19.9. The van der Waals surface area contributed by atoms with Gasteiger partial charge in [-0.25, -0.2) is 0 Å². The van der Waals surface area contributed by atoms with Crippen molar-refractivity contribution in [2.24, 2.45) is 4.99 Å². The Bertz CT molecular complexity index is 808. The molecule has 0 radical (unpaired) electrons. The first-order chi connectivity index (χ1) is 15.4. The van der Waals surface area contributed by atoms with Gasteiger partial charge >= 0.3 is 0 Å². The van der Waals surface area contributed by atoms with Crippen LogP contribution in [0.3, 0.4) is 0 Å². The number of hydrogen-bond acceptors (Lipinski definition) is 5. The first-order valence-electron chi connectivity index (χ1n) is 11.1. The molecule has 3 N–H and O–H groups in total. The number of benzene rings is 1. The molecule has 9 heteroatoms. The summed E-state index contributed by atoms with van der Waals surface area (Å²) < 4.78 is 16.5. The van der Waals surface area contributed by atoms with E-state index in [0.29, 0.717) is 38.7 Å². The first kappa shape index (κ1) is 28.8. The number of halogens is 1. The zero-order valence-corrected chi connectivity index (χ0v) is 22.3. The number of hydrogen-bond donors (Lipinski definition) is 3. The van der Waals surface area contributed by atoms with E-state index in [9.17, 15) is 4.79 Å². The molecule has 2 aromatic rings. The maximum absolute atomic E-state index is 11.9. The number of carbonyl (C=O) groups excluding carboxylic acids is 1. The fourth-order valence-corrected chi connectivity index (χ4v) is 2.78. The number of ether oxygens (including phenoxy) is 2. The maximum atomic E-state index is 11.9.